The number of hydrazone groups is 1. The summed E-state index contributed by atoms with van der Waals surface area (Å²) in [5.41, 5.74) is 1.38. The molecule has 4 rings (SSSR count). The SMILES string of the molecule is N#CCCN(/N=C/c1ccc(-c2ccc(Br)cc2)o1)C1=NS(=O)(=O)c2ccccc21. The summed E-state index contributed by atoms with van der Waals surface area (Å²) in [6.45, 7) is 0.190. The van der Waals surface area contributed by atoms with Gasteiger partial charge in [0.2, 0.25) is 0 Å². The molecule has 1 aliphatic heterocycles. The van der Waals surface area contributed by atoms with Gasteiger partial charge in [0.1, 0.15) is 16.4 Å². The average Bonchev–Trinajstić information content (AvgIpc) is 3.32. The molecular formula is C21H15BrN4O3S. The molecule has 2 aromatic carbocycles. The van der Waals surface area contributed by atoms with Crippen molar-refractivity contribution in [2.45, 2.75) is 11.3 Å². The first kappa shape index (κ1) is 20.1. The van der Waals surface area contributed by atoms with E-state index in [1.54, 1.807) is 24.3 Å². The normalized spacial score (nSPS) is 14.3. The van der Waals surface area contributed by atoms with E-state index in [4.69, 9.17) is 9.68 Å². The van der Waals surface area contributed by atoms with Crippen molar-refractivity contribution in [3.63, 3.8) is 0 Å². The Morgan fingerprint density at radius 2 is 1.90 bits per heavy atom. The lowest BCUT2D eigenvalue weighted by molar-refractivity contribution is 0.456. The number of sulfonamides is 1. The third kappa shape index (κ3) is 4.06. The van der Waals surface area contributed by atoms with Gasteiger partial charge in [0.25, 0.3) is 10.0 Å². The van der Waals surface area contributed by atoms with Crippen molar-refractivity contribution in [1.82, 2.24) is 5.01 Å². The van der Waals surface area contributed by atoms with Gasteiger partial charge in [0.15, 0.2) is 5.84 Å². The Morgan fingerprint density at radius 1 is 1.13 bits per heavy atom. The Balaban J connectivity index is 1.63. The Hall–Kier alpha value is -3.22. The van der Waals surface area contributed by atoms with Crippen LogP contribution in [0.15, 0.2) is 83.9 Å². The van der Waals surface area contributed by atoms with Crippen molar-refractivity contribution in [2.24, 2.45) is 9.50 Å². The highest BCUT2D eigenvalue weighted by atomic mass is 79.9. The van der Waals surface area contributed by atoms with Gasteiger partial charge in [-0.3, -0.25) is 0 Å². The van der Waals surface area contributed by atoms with Crippen molar-refractivity contribution >= 4 is 38.0 Å². The van der Waals surface area contributed by atoms with E-state index in [9.17, 15) is 8.42 Å². The van der Waals surface area contributed by atoms with Crippen LogP contribution < -0.4 is 0 Å². The molecule has 9 heteroatoms. The summed E-state index contributed by atoms with van der Waals surface area (Å²) in [6.07, 6.45) is 1.64. The van der Waals surface area contributed by atoms with E-state index in [1.165, 1.54) is 17.3 Å². The zero-order chi connectivity index (χ0) is 21.1. The lowest BCUT2D eigenvalue weighted by Crippen LogP contribution is -2.27. The zero-order valence-corrected chi connectivity index (χ0v) is 18.0. The lowest BCUT2D eigenvalue weighted by Gasteiger charge is -2.17. The number of nitriles is 1. The van der Waals surface area contributed by atoms with E-state index in [2.05, 4.69) is 25.4 Å². The maximum atomic E-state index is 12.3. The fourth-order valence-corrected chi connectivity index (χ4v) is 4.44. The molecule has 3 aromatic rings. The predicted molar refractivity (Wildman–Crippen MR) is 117 cm³/mol. The minimum absolute atomic E-state index is 0.132. The van der Waals surface area contributed by atoms with Crippen LogP contribution in [0.5, 0.6) is 0 Å². The summed E-state index contributed by atoms with van der Waals surface area (Å²) in [5.74, 6) is 1.36. The van der Waals surface area contributed by atoms with E-state index in [0.717, 1.165) is 10.0 Å². The molecule has 0 unspecified atom stereocenters. The fraction of sp³-hybridized carbons (Fsp3) is 0.0952. The van der Waals surface area contributed by atoms with E-state index < -0.39 is 10.0 Å². The van der Waals surface area contributed by atoms with Gasteiger partial charge in [-0.15, -0.1) is 4.40 Å². The van der Waals surface area contributed by atoms with Gasteiger partial charge in [-0.2, -0.15) is 18.8 Å². The molecule has 30 heavy (non-hydrogen) atoms. The Labute approximate surface area is 182 Å². The van der Waals surface area contributed by atoms with Crippen LogP contribution in [-0.4, -0.2) is 32.0 Å². The Bertz CT molecular complexity index is 1290. The smallest absolute Gasteiger partial charge is 0.285 e. The maximum absolute atomic E-state index is 12.3. The summed E-state index contributed by atoms with van der Waals surface area (Å²) in [7, 11) is -3.78. The van der Waals surface area contributed by atoms with E-state index in [1.807, 2.05) is 36.4 Å². The first-order chi connectivity index (χ1) is 14.5. The highest BCUT2D eigenvalue weighted by molar-refractivity contribution is 9.10. The molecule has 0 spiro atoms. The fourth-order valence-electron chi connectivity index (χ4n) is 2.97. The van der Waals surface area contributed by atoms with Crippen molar-refractivity contribution < 1.29 is 12.8 Å². The van der Waals surface area contributed by atoms with Crippen LogP contribution in [0, 0.1) is 11.3 Å². The number of amidine groups is 1. The van der Waals surface area contributed by atoms with Gasteiger partial charge < -0.3 is 4.42 Å². The quantitative estimate of drug-likeness (QED) is 0.396. The van der Waals surface area contributed by atoms with Gasteiger partial charge >= 0.3 is 0 Å². The molecule has 2 heterocycles. The van der Waals surface area contributed by atoms with Crippen LogP contribution >= 0.6 is 15.9 Å². The minimum Gasteiger partial charge on any atom is -0.455 e. The van der Waals surface area contributed by atoms with Crippen LogP contribution in [-0.2, 0) is 10.0 Å². The summed E-state index contributed by atoms with van der Waals surface area (Å²) in [4.78, 5) is 0.132. The Morgan fingerprint density at radius 3 is 2.67 bits per heavy atom. The molecule has 0 saturated heterocycles. The summed E-state index contributed by atoms with van der Waals surface area (Å²) in [6, 6.07) is 19.9. The minimum atomic E-state index is -3.78. The van der Waals surface area contributed by atoms with Gasteiger partial charge in [0.05, 0.1) is 25.2 Å². The van der Waals surface area contributed by atoms with Crippen molar-refractivity contribution in [3.05, 3.63) is 76.5 Å². The van der Waals surface area contributed by atoms with E-state index in [-0.39, 0.29) is 23.7 Å². The maximum Gasteiger partial charge on any atom is 0.285 e. The largest absolute Gasteiger partial charge is 0.455 e. The summed E-state index contributed by atoms with van der Waals surface area (Å²) in [5, 5.41) is 14.8. The van der Waals surface area contributed by atoms with E-state index >= 15 is 0 Å². The number of rotatable bonds is 5. The molecule has 1 aliphatic rings. The standard InChI is InChI=1S/C21H15BrN4O3S/c22-16-8-6-15(7-9-16)19-11-10-17(29-19)14-24-26(13-3-12-23)21-18-4-1-2-5-20(18)30(27,28)25-21/h1-2,4-11,14H,3,13H2/b24-14+. The molecule has 0 amide bonds. The van der Waals surface area contributed by atoms with Gasteiger partial charge in [-0.05, 0) is 36.4 Å². The predicted octanol–water partition coefficient (Wildman–Crippen LogP) is 4.41. The molecule has 0 fully saturated rings. The highest BCUT2D eigenvalue weighted by Gasteiger charge is 2.31. The molecule has 0 bridgehead atoms. The molecule has 0 radical (unpaired) electrons. The van der Waals surface area contributed by atoms with Crippen LogP contribution in [0.3, 0.4) is 0 Å². The van der Waals surface area contributed by atoms with E-state index in [0.29, 0.717) is 17.1 Å². The zero-order valence-electron chi connectivity index (χ0n) is 15.6. The second-order valence-corrected chi connectivity index (χ2v) is 8.86. The molecule has 150 valence electrons. The third-order valence-electron chi connectivity index (χ3n) is 4.37. The molecule has 0 N–H and O–H groups in total. The monoisotopic (exact) mass is 482 g/mol. The number of benzene rings is 2. The number of hydrogen-bond acceptors (Lipinski definition) is 6. The van der Waals surface area contributed by atoms with Crippen molar-refractivity contribution in [2.75, 3.05) is 6.54 Å². The van der Waals surface area contributed by atoms with Crippen molar-refractivity contribution in [1.29, 1.82) is 5.26 Å². The number of nitrogens with zero attached hydrogens (tertiary/aromatic N) is 4. The molecule has 0 atom stereocenters. The first-order valence-electron chi connectivity index (χ1n) is 8.96. The molecule has 0 saturated carbocycles. The molecule has 0 aliphatic carbocycles. The molecule has 1 aromatic heterocycles. The van der Waals surface area contributed by atoms with Gasteiger partial charge in [-0.25, -0.2) is 5.01 Å². The number of fused-ring (bicyclic) bond motifs is 1. The number of hydrogen-bond donors (Lipinski definition) is 0. The summed E-state index contributed by atoms with van der Waals surface area (Å²) < 4.78 is 35.4. The average molecular weight is 483 g/mol. The summed E-state index contributed by atoms with van der Waals surface area (Å²) >= 11 is 3.40. The molecule has 7 nitrogen and oxygen atoms in total. The first-order valence-corrected chi connectivity index (χ1v) is 11.2. The van der Waals surface area contributed by atoms with Crippen LogP contribution in [0.4, 0.5) is 0 Å². The Kier molecular flexibility index (Phi) is 5.53. The number of halogens is 1. The molecular weight excluding hydrogens is 468 g/mol. The lowest BCUT2D eigenvalue weighted by atomic mass is 10.2. The topological polar surface area (TPSA) is 99.0 Å². The number of furan rings is 1. The van der Waals surface area contributed by atoms with Crippen LogP contribution in [0.2, 0.25) is 0 Å². The highest BCUT2D eigenvalue weighted by Crippen LogP contribution is 2.28. The van der Waals surface area contributed by atoms with Crippen LogP contribution in [0.1, 0.15) is 17.7 Å². The second-order valence-electron chi connectivity index (χ2n) is 6.37. The second kappa shape index (κ2) is 8.26. The third-order valence-corrected chi connectivity index (χ3v) is 6.23. The van der Waals surface area contributed by atoms with Crippen LogP contribution in [0.25, 0.3) is 11.3 Å². The van der Waals surface area contributed by atoms with Gasteiger partial charge in [-0.1, -0.05) is 40.2 Å². The van der Waals surface area contributed by atoms with Crippen molar-refractivity contribution in [3.8, 4) is 17.4 Å². The van der Waals surface area contributed by atoms with Gasteiger partial charge in [0, 0.05) is 15.6 Å².